The Labute approximate surface area is 234 Å². The van der Waals surface area contributed by atoms with E-state index in [4.69, 9.17) is 24.0 Å². The lowest BCUT2D eigenvalue weighted by molar-refractivity contribution is -0.133. The van der Waals surface area contributed by atoms with Gasteiger partial charge in [0, 0.05) is 39.1 Å². The zero-order valence-corrected chi connectivity index (χ0v) is 23.1. The van der Waals surface area contributed by atoms with Gasteiger partial charge >= 0.3 is 6.03 Å². The Kier molecular flexibility index (Phi) is 9.02. The van der Waals surface area contributed by atoms with Crippen molar-refractivity contribution in [3.8, 4) is 17.2 Å². The van der Waals surface area contributed by atoms with Gasteiger partial charge in [0.05, 0.1) is 32.1 Å². The maximum Gasteiger partial charge on any atom is 0.317 e. The molecule has 3 aliphatic rings. The van der Waals surface area contributed by atoms with Crippen molar-refractivity contribution in [2.45, 2.75) is 25.8 Å². The predicted molar refractivity (Wildman–Crippen MR) is 149 cm³/mol. The molecule has 40 heavy (non-hydrogen) atoms. The molecule has 3 aliphatic heterocycles. The van der Waals surface area contributed by atoms with Gasteiger partial charge in [-0.25, -0.2) is 9.80 Å². The minimum Gasteiger partial charge on any atom is -0.497 e. The fourth-order valence-corrected chi connectivity index (χ4v) is 5.00. The number of carbonyl (C=O) groups is 2. The number of nitrogens with one attached hydrogen (secondary N) is 1. The number of hydrogen-bond donors (Lipinski definition) is 1. The van der Waals surface area contributed by atoms with Gasteiger partial charge in [0.15, 0.2) is 11.5 Å². The molecule has 2 aromatic rings. The van der Waals surface area contributed by atoms with E-state index in [9.17, 15) is 9.59 Å². The number of morpholine rings is 1. The molecule has 1 saturated heterocycles. The molecule has 214 valence electrons. The van der Waals surface area contributed by atoms with Crippen molar-refractivity contribution in [2.75, 3.05) is 66.4 Å². The first-order valence-electron chi connectivity index (χ1n) is 13.8. The maximum absolute atomic E-state index is 13.9. The monoisotopic (exact) mass is 551 g/mol. The van der Waals surface area contributed by atoms with Crippen LogP contribution in [0.25, 0.3) is 0 Å². The fourth-order valence-electron chi connectivity index (χ4n) is 5.00. The van der Waals surface area contributed by atoms with Gasteiger partial charge in [-0.05, 0) is 53.9 Å². The SMILES string of the molecule is CCCNC(=O)N(CCN1CCOCC1)CC(=O)N1N=C(c2ccc(OC)cc2)C[C@H]1c1ccc2c(c1)OCO2. The highest BCUT2D eigenvalue weighted by Crippen LogP contribution is 2.39. The molecule has 0 aromatic heterocycles. The largest absolute Gasteiger partial charge is 0.497 e. The summed E-state index contributed by atoms with van der Waals surface area (Å²) in [5, 5.41) is 9.24. The number of fused-ring (bicyclic) bond motifs is 1. The van der Waals surface area contributed by atoms with Crippen LogP contribution in [0.1, 0.15) is 36.9 Å². The van der Waals surface area contributed by atoms with E-state index in [1.807, 2.05) is 49.4 Å². The summed E-state index contributed by atoms with van der Waals surface area (Å²) in [6, 6.07) is 12.7. The number of urea groups is 1. The number of hydrogen-bond acceptors (Lipinski definition) is 8. The quantitative estimate of drug-likeness (QED) is 0.484. The summed E-state index contributed by atoms with van der Waals surface area (Å²) in [7, 11) is 1.62. The highest BCUT2D eigenvalue weighted by atomic mass is 16.7. The molecule has 0 saturated carbocycles. The molecular weight excluding hydrogens is 514 g/mol. The Bertz CT molecular complexity index is 1210. The first-order chi connectivity index (χ1) is 19.6. The van der Waals surface area contributed by atoms with Crippen molar-refractivity contribution in [3.05, 3.63) is 53.6 Å². The summed E-state index contributed by atoms with van der Waals surface area (Å²) < 4.78 is 21.8. The van der Waals surface area contributed by atoms with E-state index < -0.39 is 0 Å². The van der Waals surface area contributed by atoms with E-state index in [0.29, 0.717) is 50.8 Å². The molecule has 2 aromatic carbocycles. The van der Waals surface area contributed by atoms with E-state index in [2.05, 4.69) is 10.2 Å². The first-order valence-corrected chi connectivity index (χ1v) is 13.8. The number of nitrogens with zero attached hydrogens (tertiary/aromatic N) is 4. The average Bonchev–Trinajstić information content (AvgIpc) is 3.66. The van der Waals surface area contributed by atoms with Crippen molar-refractivity contribution in [3.63, 3.8) is 0 Å². The van der Waals surface area contributed by atoms with Crippen LogP contribution in [0.15, 0.2) is 47.6 Å². The molecule has 1 fully saturated rings. The predicted octanol–water partition coefficient (Wildman–Crippen LogP) is 2.86. The summed E-state index contributed by atoms with van der Waals surface area (Å²) in [4.78, 5) is 30.8. The van der Waals surface area contributed by atoms with Crippen molar-refractivity contribution in [2.24, 2.45) is 5.10 Å². The molecule has 11 nitrogen and oxygen atoms in total. The Morgan fingerprint density at radius 1 is 1.10 bits per heavy atom. The lowest BCUT2D eigenvalue weighted by Gasteiger charge is -2.31. The van der Waals surface area contributed by atoms with E-state index in [1.165, 1.54) is 5.01 Å². The Morgan fingerprint density at radius 3 is 2.62 bits per heavy atom. The Balaban J connectivity index is 1.37. The molecule has 0 unspecified atom stereocenters. The number of benzene rings is 2. The van der Waals surface area contributed by atoms with Gasteiger partial charge in [0.1, 0.15) is 12.3 Å². The van der Waals surface area contributed by atoms with Gasteiger partial charge in [0.25, 0.3) is 5.91 Å². The number of hydrazone groups is 1. The van der Waals surface area contributed by atoms with Gasteiger partial charge < -0.3 is 29.2 Å². The third-order valence-electron chi connectivity index (χ3n) is 7.30. The number of amides is 3. The van der Waals surface area contributed by atoms with Crippen molar-refractivity contribution in [1.82, 2.24) is 20.1 Å². The molecule has 3 amide bonds. The van der Waals surface area contributed by atoms with Gasteiger partial charge in [0.2, 0.25) is 6.79 Å². The molecule has 5 rings (SSSR count). The van der Waals surface area contributed by atoms with Crippen molar-refractivity contribution in [1.29, 1.82) is 0 Å². The average molecular weight is 552 g/mol. The van der Waals surface area contributed by atoms with E-state index >= 15 is 0 Å². The molecule has 0 aliphatic carbocycles. The normalized spacial score (nSPS) is 18.4. The molecule has 3 heterocycles. The van der Waals surface area contributed by atoms with Gasteiger partial charge in [-0.3, -0.25) is 9.69 Å². The Morgan fingerprint density at radius 2 is 1.88 bits per heavy atom. The van der Waals surface area contributed by atoms with Gasteiger partial charge in [-0.2, -0.15) is 5.10 Å². The third kappa shape index (κ3) is 6.48. The molecule has 1 N–H and O–H groups in total. The van der Waals surface area contributed by atoms with Crippen LogP contribution in [0, 0.1) is 0 Å². The van der Waals surface area contributed by atoms with Crippen molar-refractivity contribution < 1.29 is 28.5 Å². The van der Waals surface area contributed by atoms with Crippen LogP contribution in [-0.4, -0.2) is 98.8 Å². The summed E-state index contributed by atoms with van der Waals surface area (Å²) in [6.07, 6.45) is 1.33. The molecule has 0 bridgehead atoms. The lowest BCUT2D eigenvalue weighted by Crippen LogP contribution is -2.49. The van der Waals surface area contributed by atoms with Crippen molar-refractivity contribution >= 4 is 17.6 Å². The number of carbonyl (C=O) groups excluding carboxylic acids is 2. The van der Waals surface area contributed by atoms with E-state index in [-0.39, 0.29) is 31.3 Å². The third-order valence-corrected chi connectivity index (χ3v) is 7.30. The number of methoxy groups -OCH3 is 1. The summed E-state index contributed by atoms with van der Waals surface area (Å²) in [5.41, 5.74) is 2.58. The van der Waals surface area contributed by atoms with Crippen LogP contribution in [0.3, 0.4) is 0 Å². The topological polar surface area (TPSA) is 105 Å². The van der Waals surface area contributed by atoms with Gasteiger partial charge in [-0.1, -0.05) is 13.0 Å². The van der Waals surface area contributed by atoms with E-state index in [1.54, 1.807) is 12.0 Å². The molecule has 0 radical (unpaired) electrons. The minimum absolute atomic E-state index is 0.0830. The molecular formula is C29H37N5O6. The fraction of sp³-hybridized carbons (Fsp3) is 0.483. The molecule has 0 spiro atoms. The van der Waals surface area contributed by atoms with Crippen LogP contribution < -0.4 is 19.5 Å². The smallest absolute Gasteiger partial charge is 0.317 e. The minimum atomic E-state index is -0.348. The zero-order valence-electron chi connectivity index (χ0n) is 23.1. The lowest BCUT2D eigenvalue weighted by atomic mass is 9.98. The van der Waals surface area contributed by atoms with Crippen LogP contribution in [0.2, 0.25) is 0 Å². The standard InChI is InChI=1S/C29H37N5O6/c1-3-10-30-29(36)33(12-11-32-13-15-38-16-14-32)19-28(35)34-25(22-6-9-26-27(17-22)40-20-39-26)18-24(31-34)21-4-7-23(37-2)8-5-21/h4-9,17,25H,3,10-16,18-20H2,1-2H3,(H,30,36)/t25-/m0/s1. The number of rotatable bonds is 10. The van der Waals surface area contributed by atoms with Crippen LogP contribution >= 0.6 is 0 Å². The second-order valence-electron chi connectivity index (χ2n) is 9.95. The first kappa shape index (κ1) is 27.7. The molecule has 11 heteroatoms. The zero-order chi connectivity index (χ0) is 27.9. The highest BCUT2D eigenvalue weighted by Gasteiger charge is 2.35. The van der Waals surface area contributed by atoms with Gasteiger partial charge in [-0.15, -0.1) is 0 Å². The summed E-state index contributed by atoms with van der Waals surface area (Å²) in [5.74, 6) is 1.82. The van der Waals surface area contributed by atoms with Crippen LogP contribution in [-0.2, 0) is 9.53 Å². The second-order valence-corrected chi connectivity index (χ2v) is 9.95. The maximum atomic E-state index is 13.9. The van der Waals surface area contributed by atoms with Crippen LogP contribution in [0.5, 0.6) is 17.2 Å². The summed E-state index contributed by atoms with van der Waals surface area (Å²) in [6.45, 7) is 6.71. The number of ether oxygens (including phenoxy) is 4. The van der Waals surface area contributed by atoms with E-state index in [0.717, 1.165) is 42.1 Å². The summed E-state index contributed by atoms with van der Waals surface area (Å²) >= 11 is 0. The second kappa shape index (κ2) is 13.0. The molecule has 1 atom stereocenters. The highest BCUT2D eigenvalue weighted by molar-refractivity contribution is 6.03. The Hall–Kier alpha value is -3.83. The van der Waals surface area contributed by atoms with Crippen LogP contribution in [0.4, 0.5) is 4.79 Å².